The van der Waals surface area contributed by atoms with Crippen molar-refractivity contribution in [2.75, 3.05) is 24.2 Å². The van der Waals surface area contributed by atoms with E-state index in [2.05, 4.69) is 10.3 Å². The average molecular weight is 415 g/mol. The van der Waals surface area contributed by atoms with Crippen LogP contribution in [0.2, 0.25) is 0 Å². The first-order valence-corrected chi connectivity index (χ1v) is 10.5. The molecule has 6 nitrogen and oxygen atoms in total. The van der Waals surface area contributed by atoms with Crippen molar-refractivity contribution in [3.05, 3.63) is 48.2 Å². The van der Waals surface area contributed by atoms with E-state index in [9.17, 15) is 22.0 Å². The number of sulfonamides is 1. The Kier molecular flexibility index (Phi) is 7.28. The maximum Gasteiger partial charge on any atom is 0.244 e. The number of nitrogens with zero attached hydrogens (tertiary/aromatic N) is 2. The Bertz CT molecular complexity index is 902. The molecular formula is C17H19F2N3O3S2. The lowest BCUT2D eigenvalue weighted by Gasteiger charge is -2.18. The third-order valence-electron chi connectivity index (χ3n) is 3.61. The fourth-order valence-electron chi connectivity index (χ4n) is 2.23. The Morgan fingerprint density at radius 3 is 2.41 bits per heavy atom. The molecule has 10 heteroatoms. The number of aromatic nitrogens is 1. The molecule has 0 saturated heterocycles. The van der Waals surface area contributed by atoms with Crippen molar-refractivity contribution in [1.82, 2.24) is 9.29 Å². The second-order valence-electron chi connectivity index (χ2n) is 5.39. The number of pyridine rings is 1. The van der Waals surface area contributed by atoms with Gasteiger partial charge in [-0.1, -0.05) is 25.6 Å². The van der Waals surface area contributed by atoms with Crippen molar-refractivity contribution in [3.8, 4) is 0 Å². The Labute approximate surface area is 161 Å². The van der Waals surface area contributed by atoms with Gasteiger partial charge in [0.2, 0.25) is 15.9 Å². The molecular weight excluding hydrogens is 396 g/mol. The lowest BCUT2D eigenvalue weighted by molar-refractivity contribution is -0.113. The summed E-state index contributed by atoms with van der Waals surface area (Å²) in [6.45, 7) is 4.23. The molecule has 1 aromatic heterocycles. The van der Waals surface area contributed by atoms with Crippen molar-refractivity contribution >= 4 is 33.4 Å². The first-order valence-electron chi connectivity index (χ1n) is 8.11. The molecule has 1 N–H and O–H groups in total. The van der Waals surface area contributed by atoms with E-state index in [0.717, 1.165) is 23.9 Å². The van der Waals surface area contributed by atoms with Crippen LogP contribution in [0.25, 0.3) is 0 Å². The highest BCUT2D eigenvalue weighted by Gasteiger charge is 2.21. The number of benzene rings is 1. The third kappa shape index (κ3) is 5.47. The van der Waals surface area contributed by atoms with Gasteiger partial charge < -0.3 is 5.32 Å². The Morgan fingerprint density at radius 1 is 1.15 bits per heavy atom. The van der Waals surface area contributed by atoms with E-state index < -0.39 is 27.6 Å². The molecule has 2 rings (SSSR count). The Hall–Kier alpha value is -2.04. The topological polar surface area (TPSA) is 79.4 Å². The van der Waals surface area contributed by atoms with Gasteiger partial charge in [-0.2, -0.15) is 4.31 Å². The van der Waals surface area contributed by atoms with Crippen LogP contribution in [0.1, 0.15) is 13.8 Å². The van der Waals surface area contributed by atoms with Crippen LogP contribution in [0.15, 0.2) is 46.5 Å². The number of nitrogens with one attached hydrogen (secondary N) is 1. The van der Waals surface area contributed by atoms with Crippen molar-refractivity contribution < 1.29 is 22.0 Å². The first-order chi connectivity index (χ1) is 12.8. The second-order valence-corrected chi connectivity index (χ2v) is 8.32. The van der Waals surface area contributed by atoms with Gasteiger partial charge in [0.05, 0.1) is 10.8 Å². The predicted octanol–water partition coefficient (Wildman–Crippen LogP) is 3.12. The minimum atomic E-state index is -3.58. The normalized spacial score (nSPS) is 11.6. The molecule has 0 radical (unpaired) electrons. The standard InChI is InChI=1S/C17H19F2N3O3S2/c1-3-22(4-2)27(24,25)13-6-8-17(20-10-13)26-11-16(23)21-12-5-7-14(18)15(19)9-12/h5-10H,3-4,11H2,1-2H3,(H,21,23). The third-order valence-corrected chi connectivity index (χ3v) is 6.58. The lowest BCUT2D eigenvalue weighted by atomic mass is 10.3. The van der Waals surface area contributed by atoms with Gasteiger partial charge >= 0.3 is 0 Å². The zero-order chi connectivity index (χ0) is 20.0. The van der Waals surface area contributed by atoms with E-state index in [0.29, 0.717) is 18.1 Å². The molecule has 27 heavy (non-hydrogen) atoms. The van der Waals surface area contributed by atoms with Crippen LogP contribution in [-0.4, -0.2) is 42.5 Å². The number of hydrogen-bond donors (Lipinski definition) is 1. The summed E-state index contributed by atoms with van der Waals surface area (Å²) in [6.07, 6.45) is 1.25. The maximum absolute atomic E-state index is 13.1. The van der Waals surface area contributed by atoms with Crippen LogP contribution in [0.4, 0.5) is 14.5 Å². The maximum atomic E-state index is 13.1. The Balaban J connectivity index is 1.96. The van der Waals surface area contributed by atoms with E-state index in [1.165, 1.54) is 28.7 Å². The van der Waals surface area contributed by atoms with E-state index >= 15 is 0 Å². The van der Waals surface area contributed by atoms with Crippen LogP contribution in [0.3, 0.4) is 0 Å². The van der Waals surface area contributed by atoms with Crippen molar-refractivity contribution in [2.24, 2.45) is 0 Å². The molecule has 0 atom stereocenters. The quantitative estimate of drug-likeness (QED) is 0.670. The summed E-state index contributed by atoms with van der Waals surface area (Å²) in [7, 11) is -3.58. The Morgan fingerprint density at radius 2 is 1.85 bits per heavy atom. The monoisotopic (exact) mass is 415 g/mol. The van der Waals surface area contributed by atoms with Crippen molar-refractivity contribution in [1.29, 1.82) is 0 Å². The summed E-state index contributed by atoms with van der Waals surface area (Å²) >= 11 is 1.09. The number of rotatable bonds is 8. The van der Waals surface area contributed by atoms with Crippen molar-refractivity contribution in [3.63, 3.8) is 0 Å². The summed E-state index contributed by atoms with van der Waals surface area (Å²) in [5.74, 6) is -2.49. The molecule has 0 saturated carbocycles. The molecule has 1 heterocycles. The molecule has 0 unspecified atom stereocenters. The summed E-state index contributed by atoms with van der Waals surface area (Å²) in [6, 6.07) is 6.03. The molecule has 146 valence electrons. The number of carbonyl (C=O) groups excluding carboxylic acids is 1. The van der Waals surface area contributed by atoms with E-state index in [-0.39, 0.29) is 16.3 Å². The fraction of sp³-hybridized carbons (Fsp3) is 0.294. The van der Waals surface area contributed by atoms with Gasteiger partial charge in [0, 0.05) is 31.0 Å². The van der Waals surface area contributed by atoms with Crippen LogP contribution in [0.5, 0.6) is 0 Å². The van der Waals surface area contributed by atoms with E-state index in [1.54, 1.807) is 13.8 Å². The molecule has 0 spiro atoms. The van der Waals surface area contributed by atoms with Gasteiger partial charge in [0.25, 0.3) is 0 Å². The van der Waals surface area contributed by atoms with Gasteiger partial charge in [0.15, 0.2) is 11.6 Å². The smallest absolute Gasteiger partial charge is 0.244 e. The number of anilines is 1. The summed E-state index contributed by atoms with van der Waals surface area (Å²) in [4.78, 5) is 16.0. The molecule has 0 fully saturated rings. The molecule has 0 aliphatic carbocycles. The zero-order valence-corrected chi connectivity index (χ0v) is 16.4. The van der Waals surface area contributed by atoms with Gasteiger partial charge in [0.1, 0.15) is 4.90 Å². The van der Waals surface area contributed by atoms with E-state index in [1.807, 2.05) is 0 Å². The largest absolute Gasteiger partial charge is 0.325 e. The molecule has 0 aliphatic heterocycles. The van der Waals surface area contributed by atoms with Gasteiger partial charge in [-0.15, -0.1) is 0 Å². The van der Waals surface area contributed by atoms with Crippen LogP contribution >= 0.6 is 11.8 Å². The summed E-state index contributed by atoms with van der Waals surface area (Å²) < 4.78 is 52.1. The summed E-state index contributed by atoms with van der Waals surface area (Å²) in [5.41, 5.74) is 0.146. The van der Waals surface area contributed by atoms with Crippen LogP contribution < -0.4 is 5.32 Å². The lowest BCUT2D eigenvalue weighted by Crippen LogP contribution is -2.30. The molecule has 0 bridgehead atoms. The average Bonchev–Trinajstić information content (AvgIpc) is 2.64. The summed E-state index contributed by atoms with van der Waals surface area (Å²) in [5, 5.41) is 2.92. The number of amides is 1. The molecule has 1 aromatic carbocycles. The first kappa shape index (κ1) is 21.3. The highest BCUT2D eigenvalue weighted by Crippen LogP contribution is 2.20. The van der Waals surface area contributed by atoms with Gasteiger partial charge in [-0.25, -0.2) is 22.2 Å². The van der Waals surface area contributed by atoms with Crippen LogP contribution in [-0.2, 0) is 14.8 Å². The minimum Gasteiger partial charge on any atom is -0.325 e. The molecule has 0 aliphatic rings. The van der Waals surface area contributed by atoms with Crippen LogP contribution in [0, 0.1) is 11.6 Å². The SMILES string of the molecule is CCN(CC)S(=O)(=O)c1ccc(SCC(=O)Nc2ccc(F)c(F)c2)nc1. The highest BCUT2D eigenvalue weighted by atomic mass is 32.2. The zero-order valence-electron chi connectivity index (χ0n) is 14.8. The van der Waals surface area contributed by atoms with Crippen molar-refractivity contribution in [2.45, 2.75) is 23.8 Å². The number of carbonyl (C=O) groups is 1. The van der Waals surface area contributed by atoms with E-state index in [4.69, 9.17) is 0 Å². The number of halogens is 2. The second kappa shape index (κ2) is 9.25. The fourth-order valence-corrected chi connectivity index (χ4v) is 4.27. The molecule has 1 amide bonds. The minimum absolute atomic E-state index is 0.0197. The number of thioether (sulfide) groups is 1. The highest BCUT2D eigenvalue weighted by molar-refractivity contribution is 7.99. The van der Waals surface area contributed by atoms with Gasteiger partial charge in [-0.05, 0) is 24.3 Å². The van der Waals surface area contributed by atoms with Gasteiger partial charge in [-0.3, -0.25) is 4.79 Å². The molecule has 2 aromatic rings. The number of hydrogen-bond acceptors (Lipinski definition) is 5. The predicted molar refractivity (Wildman–Crippen MR) is 100 cm³/mol.